The fraction of sp³-hybridized carbons (Fsp3) is 0.520. The Labute approximate surface area is 200 Å². The minimum atomic E-state index is -0.918. The van der Waals surface area contributed by atoms with Crippen LogP contribution in [0.1, 0.15) is 50.7 Å². The third kappa shape index (κ3) is 5.91. The minimum absolute atomic E-state index is 0.0417. The number of benzene rings is 1. The van der Waals surface area contributed by atoms with Crippen LogP contribution in [0.4, 0.5) is 0 Å². The van der Waals surface area contributed by atoms with Gasteiger partial charge in [0.2, 0.25) is 5.91 Å². The molecular formula is C25H35ClN4O3. The van der Waals surface area contributed by atoms with Gasteiger partial charge in [0.15, 0.2) is 0 Å². The zero-order valence-corrected chi connectivity index (χ0v) is 20.2. The third-order valence-electron chi connectivity index (χ3n) is 6.26. The number of aromatic nitrogens is 1. The Hall–Kier alpha value is -2.03. The summed E-state index contributed by atoms with van der Waals surface area (Å²) >= 11 is 6.34. The molecule has 0 unspecified atom stereocenters. The maximum Gasteiger partial charge on any atom is 0.237 e. The molecule has 1 fully saturated rings. The van der Waals surface area contributed by atoms with Crippen LogP contribution >= 0.6 is 11.6 Å². The second-order valence-corrected chi connectivity index (χ2v) is 10.5. The van der Waals surface area contributed by atoms with Crippen LogP contribution in [0.25, 0.3) is 0 Å². The predicted octanol–water partition coefficient (Wildman–Crippen LogP) is 2.31. The van der Waals surface area contributed by atoms with Gasteiger partial charge in [0.05, 0.1) is 24.3 Å². The second-order valence-electron chi connectivity index (χ2n) is 10.1. The van der Waals surface area contributed by atoms with Crippen molar-refractivity contribution in [2.75, 3.05) is 13.2 Å². The molecule has 0 bridgehead atoms. The summed E-state index contributed by atoms with van der Waals surface area (Å²) in [6.07, 6.45) is 3.61. The lowest BCUT2D eigenvalue weighted by Crippen LogP contribution is -2.51. The number of aliphatic hydroxyl groups excluding tert-OH is 2. The molecule has 1 aromatic carbocycles. The number of carbonyl (C=O) groups excluding carboxylic acids is 1. The first-order valence-corrected chi connectivity index (χ1v) is 11.7. The van der Waals surface area contributed by atoms with Crippen LogP contribution in [0.3, 0.4) is 0 Å². The molecule has 0 spiro atoms. The van der Waals surface area contributed by atoms with Gasteiger partial charge in [0.25, 0.3) is 0 Å². The Kier molecular flexibility index (Phi) is 8.13. The highest BCUT2D eigenvalue weighted by molar-refractivity contribution is 6.30. The highest BCUT2D eigenvalue weighted by Crippen LogP contribution is 2.48. The predicted molar refractivity (Wildman–Crippen MR) is 130 cm³/mol. The maximum absolute atomic E-state index is 13.4. The normalized spacial score (nSPS) is 26.2. The number of hydrogen-bond donors (Lipinski definition) is 5. The Morgan fingerprint density at radius 2 is 2.09 bits per heavy atom. The molecule has 0 aliphatic carbocycles. The van der Waals surface area contributed by atoms with E-state index in [1.807, 2.05) is 30.3 Å². The quantitative estimate of drug-likeness (QED) is 0.400. The SMILES string of the molecule is CC(C)(C)C[C@@H]1N[C@@H](C(=O)NCC[C@H](O)CO)[C@H](c2cccc(Cl)c2)[C@@]1(N)c1cccnc1. The largest absolute Gasteiger partial charge is 0.394 e. The molecule has 1 amide bonds. The van der Waals surface area contributed by atoms with Crippen LogP contribution in [-0.2, 0) is 10.3 Å². The van der Waals surface area contributed by atoms with Gasteiger partial charge in [-0.25, -0.2) is 0 Å². The molecule has 0 radical (unpaired) electrons. The maximum atomic E-state index is 13.4. The molecule has 0 saturated carbocycles. The van der Waals surface area contributed by atoms with Crippen molar-refractivity contribution in [3.8, 4) is 0 Å². The molecular weight excluding hydrogens is 440 g/mol. The monoisotopic (exact) mass is 474 g/mol. The van der Waals surface area contributed by atoms with Crippen molar-refractivity contribution < 1.29 is 15.0 Å². The van der Waals surface area contributed by atoms with Crippen molar-refractivity contribution >= 4 is 17.5 Å². The summed E-state index contributed by atoms with van der Waals surface area (Å²) in [7, 11) is 0. The molecule has 1 aliphatic heterocycles. The number of hydrogen-bond acceptors (Lipinski definition) is 6. The summed E-state index contributed by atoms with van der Waals surface area (Å²) in [5, 5.41) is 25.7. The third-order valence-corrected chi connectivity index (χ3v) is 6.50. The van der Waals surface area contributed by atoms with Crippen molar-refractivity contribution in [1.29, 1.82) is 0 Å². The molecule has 33 heavy (non-hydrogen) atoms. The summed E-state index contributed by atoms with van der Waals surface area (Å²) in [6, 6.07) is 10.5. The lowest BCUT2D eigenvalue weighted by atomic mass is 9.69. The van der Waals surface area contributed by atoms with Gasteiger partial charge in [0.1, 0.15) is 0 Å². The molecule has 1 saturated heterocycles. The number of rotatable bonds is 8. The van der Waals surface area contributed by atoms with Crippen molar-refractivity contribution in [1.82, 2.24) is 15.6 Å². The molecule has 1 aromatic heterocycles. The average molecular weight is 475 g/mol. The molecule has 3 rings (SSSR count). The number of halogens is 1. The number of nitrogens with zero attached hydrogens (tertiary/aromatic N) is 1. The van der Waals surface area contributed by atoms with E-state index in [0.29, 0.717) is 5.02 Å². The van der Waals surface area contributed by atoms with Crippen LogP contribution in [0, 0.1) is 5.41 Å². The van der Waals surface area contributed by atoms with Crippen LogP contribution in [0.15, 0.2) is 48.8 Å². The number of carbonyl (C=O) groups is 1. The Bertz CT molecular complexity index is 937. The van der Waals surface area contributed by atoms with Gasteiger partial charge in [-0.05, 0) is 47.6 Å². The van der Waals surface area contributed by atoms with E-state index in [9.17, 15) is 9.90 Å². The minimum Gasteiger partial charge on any atom is -0.394 e. The van der Waals surface area contributed by atoms with E-state index in [1.165, 1.54) is 0 Å². The summed E-state index contributed by atoms with van der Waals surface area (Å²) in [5.74, 6) is -0.615. The molecule has 6 N–H and O–H groups in total. The van der Waals surface area contributed by atoms with E-state index >= 15 is 0 Å². The smallest absolute Gasteiger partial charge is 0.237 e. The molecule has 1 aliphatic rings. The molecule has 2 aromatic rings. The number of amides is 1. The van der Waals surface area contributed by atoms with Crippen LogP contribution in [-0.4, -0.2) is 52.4 Å². The van der Waals surface area contributed by atoms with Gasteiger partial charge in [-0.1, -0.05) is 50.6 Å². The first kappa shape index (κ1) is 25.6. The first-order valence-electron chi connectivity index (χ1n) is 11.3. The van der Waals surface area contributed by atoms with Crippen LogP contribution in [0.2, 0.25) is 5.02 Å². The highest BCUT2D eigenvalue weighted by Gasteiger charge is 2.56. The molecule has 5 atom stereocenters. The number of aliphatic hydroxyl groups is 2. The summed E-state index contributed by atoms with van der Waals surface area (Å²) < 4.78 is 0. The van der Waals surface area contributed by atoms with E-state index in [0.717, 1.165) is 17.5 Å². The van der Waals surface area contributed by atoms with Crippen LogP contribution in [0.5, 0.6) is 0 Å². The standard InChI is InChI=1S/C25H35ClN4O3/c1-24(2,3)13-20-25(27,17-7-5-10-28-14-17)21(16-6-4-8-18(26)12-16)22(30-20)23(33)29-11-9-19(32)15-31/h4-8,10,12,14,19-22,30-32H,9,11,13,15,27H2,1-3H3,(H,29,33)/t19-,20-,21-,22+,25+/m0/s1. The Morgan fingerprint density at radius 3 is 2.70 bits per heavy atom. The van der Waals surface area contributed by atoms with E-state index in [2.05, 4.69) is 36.4 Å². The van der Waals surface area contributed by atoms with E-state index in [4.69, 9.17) is 22.4 Å². The molecule has 2 heterocycles. The molecule has 8 heteroatoms. The van der Waals surface area contributed by atoms with Gasteiger partial charge in [-0.3, -0.25) is 9.78 Å². The summed E-state index contributed by atoms with van der Waals surface area (Å²) in [5.41, 5.74) is 8.05. The second kappa shape index (κ2) is 10.5. The Balaban J connectivity index is 2.05. The number of nitrogens with two attached hydrogens (primary N) is 1. The lowest BCUT2D eigenvalue weighted by molar-refractivity contribution is -0.123. The van der Waals surface area contributed by atoms with Crippen molar-refractivity contribution in [3.63, 3.8) is 0 Å². The fourth-order valence-corrected chi connectivity index (χ4v) is 4.94. The summed E-state index contributed by atoms with van der Waals surface area (Å²) in [4.78, 5) is 17.7. The zero-order valence-electron chi connectivity index (χ0n) is 19.5. The van der Waals surface area contributed by atoms with Gasteiger partial charge in [0, 0.05) is 35.9 Å². The van der Waals surface area contributed by atoms with Crippen molar-refractivity contribution in [2.24, 2.45) is 11.1 Å². The highest BCUT2D eigenvalue weighted by atomic mass is 35.5. The fourth-order valence-electron chi connectivity index (χ4n) is 4.74. The van der Waals surface area contributed by atoms with E-state index in [1.54, 1.807) is 18.5 Å². The van der Waals surface area contributed by atoms with E-state index in [-0.39, 0.29) is 36.9 Å². The average Bonchev–Trinajstić information content (AvgIpc) is 3.06. The van der Waals surface area contributed by atoms with Gasteiger partial charge in [-0.2, -0.15) is 0 Å². The number of pyridine rings is 1. The van der Waals surface area contributed by atoms with Gasteiger partial charge in [-0.15, -0.1) is 0 Å². The topological polar surface area (TPSA) is 120 Å². The molecule has 180 valence electrons. The Morgan fingerprint density at radius 1 is 1.33 bits per heavy atom. The lowest BCUT2D eigenvalue weighted by Gasteiger charge is -2.39. The molecule has 7 nitrogen and oxygen atoms in total. The number of nitrogens with one attached hydrogen (secondary N) is 2. The first-order chi connectivity index (χ1) is 15.6. The van der Waals surface area contributed by atoms with Crippen LogP contribution < -0.4 is 16.4 Å². The van der Waals surface area contributed by atoms with Crippen molar-refractivity contribution in [2.45, 2.75) is 63.3 Å². The zero-order chi connectivity index (χ0) is 24.2. The van der Waals surface area contributed by atoms with Crippen molar-refractivity contribution in [3.05, 3.63) is 64.9 Å². The van der Waals surface area contributed by atoms with Gasteiger partial charge < -0.3 is 26.6 Å². The van der Waals surface area contributed by atoms with E-state index < -0.39 is 23.6 Å². The summed E-state index contributed by atoms with van der Waals surface area (Å²) in [6.45, 7) is 6.35. The van der Waals surface area contributed by atoms with Gasteiger partial charge >= 0.3 is 0 Å².